The van der Waals surface area contributed by atoms with Crippen LogP contribution in [0.4, 0.5) is 4.79 Å². The Hall–Kier alpha value is -1.30. The molecule has 2 amide bonds. The van der Waals surface area contributed by atoms with Gasteiger partial charge in [-0.2, -0.15) is 0 Å². The lowest BCUT2D eigenvalue weighted by molar-refractivity contribution is -0.141. The molecule has 18 heavy (non-hydrogen) atoms. The topological polar surface area (TPSA) is 81.1 Å². The molecule has 0 bridgehead atoms. The highest BCUT2D eigenvalue weighted by molar-refractivity contribution is 5.75. The van der Waals surface area contributed by atoms with Gasteiger partial charge in [0, 0.05) is 33.8 Å². The Balaban J connectivity index is 4.00. The van der Waals surface area contributed by atoms with Crippen molar-refractivity contribution >= 4 is 12.0 Å². The Labute approximate surface area is 108 Å². The van der Waals surface area contributed by atoms with Crippen molar-refractivity contribution in [2.24, 2.45) is 5.92 Å². The van der Waals surface area contributed by atoms with E-state index in [2.05, 4.69) is 0 Å². The fourth-order valence-corrected chi connectivity index (χ4v) is 1.59. The number of rotatable bonds is 8. The van der Waals surface area contributed by atoms with Crippen LogP contribution in [0.1, 0.15) is 26.2 Å². The first-order valence-corrected chi connectivity index (χ1v) is 6.20. The fraction of sp³-hybridized carbons (Fsp3) is 0.833. The molecule has 0 aliphatic rings. The van der Waals surface area contributed by atoms with Gasteiger partial charge in [0.25, 0.3) is 0 Å². The minimum Gasteiger partial charge on any atom is -0.481 e. The van der Waals surface area contributed by atoms with Gasteiger partial charge in [-0.1, -0.05) is 6.92 Å². The SMILES string of the molecule is CC(CN(C)C(=O)N(C)CCCCCO)C(=O)O. The fourth-order valence-electron chi connectivity index (χ4n) is 1.59. The molecule has 0 saturated carbocycles. The highest BCUT2D eigenvalue weighted by Crippen LogP contribution is 2.03. The van der Waals surface area contributed by atoms with Gasteiger partial charge in [0.15, 0.2) is 0 Å². The van der Waals surface area contributed by atoms with E-state index in [1.807, 2.05) is 0 Å². The van der Waals surface area contributed by atoms with E-state index in [1.165, 1.54) is 4.90 Å². The van der Waals surface area contributed by atoms with Crippen molar-refractivity contribution in [2.45, 2.75) is 26.2 Å². The minimum absolute atomic E-state index is 0.174. The lowest BCUT2D eigenvalue weighted by atomic mass is 10.2. The monoisotopic (exact) mass is 260 g/mol. The van der Waals surface area contributed by atoms with E-state index in [0.717, 1.165) is 19.3 Å². The summed E-state index contributed by atoms with van der Waals surface area (Å²) >= 11 is 0. The van der Waals surface area contributed by atoms with Gasteiger partial charge in [-0.3, -0.25) is 4.79 Å². The normalized spacial score (nSPS) is 12.0. The predicted octanol–water partition coefficient (Wildman–Crippen LogP) is 0.853. The second kappa shape index (κ2) is 8.74. The number of hydrogen-bond donors (Lipinski definition) is 2. The van der Waals surface area contributed by atoms with Crippen molar-refractivity contribution in [3.8, 4) is 0 Å². The Morgan fingerprint density at radius 2 is 1.72 bits per heavy atom. The van der Waals surface area contributed by atoms with Crippen molar-refractivity contribution in [3.63, 3.8) is 0 Å². The number of amides is 2. The summed E-state index contributed by atoms with van der Waals surface area (Å²) in [6.07, 6.45) is 2.46. The van der Waals surface area contributed by atoms with Crippen LogP contribution in [0, 0.1) is 5.92 Å². The number of carboxylic acid groups (broad SMARTS) is 1. The summed E-state index contributed by atoms with van der Waals surface area (Å²) < 4.78 is 0. The zero-order valence-electron chi connectivity index (χ0n) is 11.4. The average molecular weight is 260 g/mol. The van der Waals surface area contributed by atoms with Crippen LogP contribution in [0.3, 0.4) is 0 Å². The zero-order valence-corrected chi connectivity index (χ0v) is 11.4. The van der Waals surface area contributed by atoms with E-state index in [1.54, 1.807) is 25.9 Å². The van der Waals surface area contributed by atoms with E-state index >= 15 is 0 Å². The van der Waals surface area contributed by atoms with Gasteiger partial charge in [0.2, 0.25) is 0 Å². The van der Waals surface area contributed by atoms with Crippen molar-refractivity contribution in [1.29, 1.82) is 0 Å². The predicted molar refractivity (Wildman–Crippen MR) is 68.4 cm³/mol. The molecule has 0 aromatic rings. The number of aliphatic hydroxyl groups excluding tert-OH is 1. The number of aliphatic carboxylic acids is 1. The summed E-state index contributed by atoms with van der Waals surface area (Å²) in [7, 11) is 3.30. The first-order valence-electron chi connectivity index (χ1n) is 6.20. The summed E-state index contributed by atoms with van der Waals surface area (Å²) in [5.41, 5.74) is 0. The van der Waals surface area contributed by atoms with Crippen LogP contribution in [0.5, 0.6) is 0 Å². The molecule has 6 heteroatoms. The van der Waals surface area contributed by atoms with Crippen LogP contribution in [0.15, 0.2) is 0 Å². The molecule has 0 heterocycles. The van der Waals surface area contributed by atoms with Gasteiger partial charge in [0.05, 0.1) is 5.92 Å². The van der Waals surface area contributed by atoms with E-state index in [-0.39, 0.29) is 19.2 Å². The van der Waals surface area contributed by atoms with Crippen LogP contribution in [-0.4, -0.2) is 65.8 Å². The molecule has 0 radical (unpaired) electrons. The first kappa shape index (κ1) is 16.7. The highest BCUT2D eigenvalue weighted by atomic mass is 16.4. The quantitative estimate of drug-likeness (QED) is 0.634. The molecule has 0 spiro atoms. The molecule has 106 valence electrons. The van der Waals surface area contributed by atoms with E-state index in [9.17, 15) is 9.59 Å². The molecular formula is C12H24N2O4. The maximum absolute atomic E-state index is 11.9. The molecular weight excluding hydrogens is 236 g/mol. The molecule has 1 atom stereocenters. The van der Waals surface area contributed by atoms with E-state index in [4.69, 9.17) is 10.2 Å². The van der Waals surface area contributed by atoms with Gasteiger partial charge >= 0.3 is 12.0 Å². The molecule has 0 saturated heterocycles. The molecule has 0 rings (SSSR count). The third-order valence-corrected chi connectivity index (χ3v) is 2.77. The molecule has 0 aliphatic heterocycles. The van der Waals surface area contributed by atoms with Crippen molar-refractivity contribution < 1.29 is 19.8 Å². The van der Waals surface area contributed by atoms with Gasteiger partial charge in [-0.15, -0.1) is 0 Å². The largest absolute Gasteiger partial charge is 0.481 e. The number of carbonyl (C=O) groups is 2. The van der Waals surface area contributed by atoms with Gasteiger partial charge in [0.1, 0.15) is 0 Å². The number of hydrogen-bond acceptors (Lipinski definition) is 3. The molecule has 0 aromatic carbocycles. The Kier molecular flexibility index (Phi) is 8.11. The van der Waals surface area contributed by atoms with Gasteiger partial charge in [-0.05, 0) is 19.3 Å². The number of carbonyl (C=O) groups excluding carboxylic acids is 1. The second-order valence-corrected chi connectivity index (χ2v) is 4.61. The third-order valence-electron chi connectivity index (χ3n) is 2.77. The molecule has 6 nitrogen and oxygen atoms in total. The maximum atomic E-state index is 11.9. The Bertz CT molecular complexity index is 271. The summed E-state index contributed by atoms with van der Waals surface area (Å²) in [6.45, 7) is 2.57. The first-order chi connectivity index (χ1) is 8.40. The second-order valence-electron chi connectivity index (χ2n) is 4.61. The lowest BCUT2D eigenvalue weighted by Crippen LogP contribution is -2.42. The lowest BCUT2D eigenvalue weighted by Gasteiger charge is -2.26. The smallest absolute Gasteiger partial charge is 0.319 e. The Morgan fingerprint density at radius 1 is 1.11 bits per heavy atom. The average Bonchev–Trinajstić information content (AvgIpc) is 2.33. The third kappa shape index (κ3) is 6.44. The summed E-state index contributed by atoms with van der Waals surface area (Å²) in [5.74, 6) is -1.47. The number of nitrogens with zero attached hydrogens (tertiary/aromatic N) is 2. The van der Waals surface area contributed by atoms with Crippen molar-refractivity contribution in [3.05, 3.63) is 0 Å². The number of aliphatic hydroxyl groups is 1. The highest BCUT2D eigenvalue weighted by Gasteiger charge is 2.19. The van der Waals surface area contributed by atoms with E-state index in [0.29, 0.717) is 6.54 Å². The standard InChI is InChI=1S/C12H24N2O4/c1-10(11(16)17)9-14(3)12(18)13(2)7-5-4-6-8-15/h10,15H,4-9H2,1-3H3,(H,16,17). The van der Waals surface area contributed by atoms with E-state index < -0.39 is 11.9 Å². The molecule has 1 unspecified atom stereocenters. The van der Waals surface area contributed by atoms with Gasteiger partial charge < -0.3 is 20.0 Å². The summed E-state index contributed by atoms with van der Waals surface area (Å²) in [4.78, 5) is 25.6. The zero-order chi connectivity index (χ0) is 14.1. The van der Waals surface area contributed by atoms with Crippen molar-refractivity contribution in [2.75, 3.05) is 33.8 Å². The molecule has 0 aromatic heterocycles. The van der Waals surface area contributed by atoms with Crippen LogP contribution < -0.4 is 0 Å². The van der Waals surface area contributed by atoms with Gasteiger partial charge in [-0.25, -0.2) is 4.79 Å². The summed E-state index contributed by atoms with van der Waals surface area (Å²) in [6, 6.07) is -0.174. The number of unbranched alkanes of at least 4 members (excludes halogenated alkanes) is 2. The Morgan fingerprint density at radius 3 is 2.22 bits per heavy atom. The minimum atomic E-state index is -0.903. The summed E-state index contributed by atoms with van der Waals surface area (Å²) in [5, 5.41) is 17.4. The van der Waals surface area contributed by atoms with Crippen LogP contribution >= 0.6 is 0 Å². The van der Waals surface area contributed by atoms with Crippen molar-refractivity contribution in [1.82, 2.24) is 9.80 Å². The van der Waals surface area contributed by atoms with Crippen LogP contribution in [0.25, 0.3) is 0 Å². The van der Waals surface area contributed by atoms with Crippen LogP contribution in [-0.2, 0) is 4.79 Å². The molecule has 2 N–H and O–H groups in total. The number of urea groups is 1. The number of carboxylic acids is 1. The maximum Gasteiger partial charge on any atom is 0.319 e. The molecule has 0 fully saturated rings. The molecule has 0 aliphatic carbocycles. The van der Waals surface area contributed by atoms with Crippen LogP contribution in [0.2, 0.25) is 0 Å².